The summed E-state index contributed by atoms with van der Waals surface area (Å²) in [5, 5.41) is 18.2. The second-order valence-electron chi connectivity index (χ2n) is 6.52. The average Bonchev–Trinajstić information content (AvgIpc) is 2.63. The highest BCUT2D eigenvalue weighted by Crippen LogP contribution is 2.38. The van der Waals surface area contributed by atoms with E-state index in [1.165, 1.54) is 16.8 Å². The molecule has 2 aliphatic carbocycles. The van der Waals surface area contributed by atoms with Crippen molar-refractivity contribution in [2.24, 2.45) is 5.92 Å². The summed E-state index contributed by atoms with van der Waals surface area (Å²) in [7, 11) is 2.13. The van der Waals surface area contributed by atoms with E-state index in [4.69, 9.17) is 10.5 Å². The van der Waals surface area contributed by atoms with Crippen molar-refractivity contribution in [2.75, 3.05) is 7.05 Å². The number of hydrogen-bond acceptors (Lipinski definition) is 3. The molecule has 0 spiro atoms. The smallest absolute Gasteiger partial charge is 0.132 e. The number of allylic oxidation sites excluding steroid dienone is 6. The third kappa shape index (κ3) is 3.42. The zero-order chi connectivity index (χ0) is 16.9. The van der Waals surface area contributed by atoms with Gasteiger partial charge in [-0.15, -0.1) is 0 Å². The predicted octanol–water partition coefficient (Wildman–Crippen LogP) is 4.48. The summed E-state index contributed by atoms with van der Waals surface area (Å²) >= 11 is 0. The van der Waals surface area contributed by atoms with Crippen molar-refractivity contribution >= 4 is 0 Å². The van der Waals surface area contributed by atoms with Crippen LogP contribution in [0.25, 0.3) is 0 Å². The van der Waals surface area contributed by atoms with Crippen LogP contribution in [0.4, 0.5) is 0 Å². The minimum Gasteiger partial charge on any atom is -0.374 e. The van der Waals surface area contributed by atoms with Gasteiger partial charge in [-0.1, -0.05) is 36.4 Å². The van der Waals surface area contributed by atoms with Crippen LogP contribution in [0.3, 0.4) is 0 Å². The second-order valence-corrected chi connectivity index (χ2v) is 6.52. The summed E-state index contributed by atoms with van der Waals surface area (Å²) < 4.78 is 0. The standard InChI is InChI=1S/C21H21N3/c1-24(15-16-5-3-2-4-6-16)21-10-9-17-7-8-18(11-19(17)12-21)20(13-22)14-23/h2-6,11-12,17H,7-10,15H2,1H3/t17-/m1/s1. The lowest BCUT2D eigenvalue weighted by Gasteiger charge is -2.33. The maximum Gasteiger partial charge on any atom is 0.132 e. The van der Waals surface area contributed by atoms with Crippen LogP contribution >= 0.6 is 0 Å². The van der Waals surface area contributed by atoms with Gasteiger partial charge in [-0.2, -0.15) is 10.5 Å². The molecule has 3 heteroatoms. The first kappa shape index (κ1) is 16.1. The molecule has 0 unspecified atom stereocenters. The van der Waals surface area contributed by atoms with Crippen molar-refractivity contribution in [1.29, 1.82) is 10.5 Å². The van der Waals surface area contributed by atoms with Crippen LogP contribution in [0.2, 0.25) is 0 Å². The van der Waals surface area contributed by atoms with Gasteiger partial charge in [-0.25, -0.2) is 0 Å². The maximum atomic E-state index is 9.10. The second kappa shape index (κ2) is 7.20. The molecule has 3 nitrogen and oxygen atoms in total. The molecule has 0 saturated heterocycles. The molecule has 1 atom stereocenters. The Hall–Kier alpha value is -2.78. The highest BCUT2D eigenvalue weighted by Gasteiger charge is 2.25. The monoisotopic (exact) mass is 315 g/mol. The van der Waals surface area contributed by atoms with E-state index in [1.807, 2.05) is 18.2 Å². The number of nitrogens with zero attached hydrogens (tertiary/aromatic N) is 3. The number of benzene rings is 1. The molecule has 0 amide bonds. The minimum absolute atomic E-state index is 0.263. The fraction of sp³-hybridized carbons (Fsp3) is 0.333. The molecule has 0 N–H and O–H groups in total. The van der Waals surface area contributed by atoms with Gasteiger partial charge in [0.25, 0.3) is 0 Å². The van der Waals surface area contributed by atoms with E-state index in [2.05, 4.69) is 48.4 Å². The molecule has 0 radical (unpaired) electrons. The Balaban J connectivity index is 1.83. The lowest BCUT2D eigenvalue weighted by Crippen LogP contribution is -2.23. The van der Waals surface area contributed by atoms with Crippen molar-refractivity contribution in [2.45, 2.75) is 32.2 Å². The van der Waals surface area contributed by atoms with Gasteiger partial charge in [0, 0.05) is 19.3 Å². The number of fused-ring (bicyclic) bond motifs is 1. The number of rotatable bonds is 3. The van der Waals surface area contributed by atoms with Gasteiger partial charge in [0.15, 0.2) is 0 Å². The van der Waals surface area contributed by atoms with Crippen molar-refractivity contribution < 1.29 is 0 Å². The van der Waals surface area contributed by atoms with E-state index >= 15 is 0 Å². The highest BCUT2D eigenvalue weighted by molar-refractivity contribution is 5.49. The number of hydrogen-bond donors (Lipinski definition) is 0. The summed E-state index contributed by atoms with van der Waals surface area (Å²) in [6.45, 7) is 0.898. The van der Waals surface area contributed by atoms with Crippen molar-refractivity contribution in [3.05, 3.63) is 70.5 Å². The summed E-state index contributed by atoms with van der Waals surface area (Å²) in [5.74, 6) is 0.571. The highest BCUT2D eigenvalue weighted by atomic mass is 15.1. The van der Waals surface area contributed by atoms with Gasteiger partial charge < -0.3 is 4.90 Å². The van der Waals surface area contributed by atoms with E-state index in [-0.39, 0.29) is 5.57 Å². The topological polar surface area (TPSA) is 50.8 Å². The zero-order valence-corrected chi connectivity index (χ0v) is 14.0. The predicted molar refractivity (Wildman–Crippen MR) is 94.3 cm³/mol. The lowest BCUT2D eigenvalue weighted by atomic mass is 9.78. The Labute approximate surface area is 143 Å². The third-order valence-corrected chi connectivity index (χ3v) is 4.95. The van der Waals surface area contributed by atoms with Gasteiger partial charge in [0.1, 0.15) is 17.7 Å². The first-order chi connectivity index (χ1) is 11.7. The molecule has 0 saturated carbocycles. The Morgan fingerprint density at radius 2 is 1.79 bits per heavy atom. The maximum absolute atomic E-state index is 9.10. The Morgan fingerprint density at radius 1 is 1.08 bits per heavy atom. The summed E-state index contributed by atoms with van der Waals surface area (Å²) in [6.07, 6.45) is 8.47. The van der Waals surface area contributed by atoms with Crippen molar-refractivity contribution in [3.8, 4) is 12.1 Å². The molecule has 1 aromatic carbocycles. The molecular weight excluding hydrogens is 294 g/mol. The molecule has 1 aromatic rings. The van der Waals surface area contributed by atoms with Crippen LogP contribution in [0.5, 0.6) is 0 Å². The SMILES string of the molecule is CN(Cc1ccccc1)C1=CC2=CC(=C(C#N)C#N)CC[C@@H]2CC1. The molecule has 0 fully saturated rings. The summed E-state index contributed by atoms with van der Waals surface area (Å²) in [5.41, 5.74) is 5.07. The summed E-state index contributed by atoms with van der Waals surface area (Å²) in [6, 6.07) is 14.5. The first-order valence-corrected chi connectivity index (χ1v) is 8.42. The third-order valence-electron chi connectivity index (χ3n) is 4.95. The van der Waals surface area contributed by atoms with Crippen molar-refractivity contribution in [1.82, 2.24) is 4.90 Å². The van der Waals surface area contributed by atoms with Gasteiger partial charge in [-0.05, 0) is 54.4 Å². The van der Waals surface area contributed by atoms with Crippen LogP contribution < -0.4 is 0 Å². The van der Waals surface area contributed by atoms with Gasteiger partial charge in [0.05, 0.1) is 0 Å². The Morgan fingerprint density at radius 3 is 2.50 bits per heavy atom. The quantitative estimate of drug-likeness (QED) is 0.773. The van der Waals surface area contributed by atoms with Gasteiger partial charge in [0.2, 0.25) is 0 Å². The molecule has 0 bridgehead atoms. The average molecular weight is 315 g/mol. The van der Waals surface area contributed by atoms with Crippen LogP contribution in [0.1, 0.15) is 31.2 Å². The van der Waals surface area contributed by atoms with E-state index in [9.17, 15) is 0 Å². The van der Waals surface area contributed by atoms with Gasteiger partial charge in [-0.3, -0.25) is 0 Å². The molecule has 0 aliphatic heterocycles. The Kier molecular flexibility index (Phi) is 4.82. The molecule has 0 aromatic heterocycles. The van der Waals surface area contributed by atoms with Crippen LogP contribution in [0.15, 0.2) is 64.9 Å². The molecule has 120 valence electrons. The fourth-order valence-corrected chi connectivity index (χ4v) is 3.57. The molecular formula is C21H21N3. The fourth-order valence-electron chi connectivity index (χ4n) is 3.57. The van der Waals surface area contributed by atoms with E-state index in [0.29, 0.717) is 5.92 Å². The zero-order valence-electron chi connectivity index (χ0n) is 14.0. The molecule has 2 aliphatic rings. The minimum atomic E-state index is 0.263. The van der Waals surface area contributed by atoms with Crippen LogP contribution in [0, 0.1) is 28.6 Å². The van der Waals surface area contributed by atoms with Gasteiger partial charge >= 0.3 is 0 Å². The van der Waals surface area contributed by atoms with Crippen LogP contribution in [-0.4, -0.2) is 11.9 Å². The van der Waals surface area contributed by atoms with E-state index in [1.54, 1.807) is 0 Å². The molecule has 24 heavy (non-hydrogen) atoms. The van der Waals surface area contributed by atoms with Crippen molar-refractivity contribution in [3.63, 3.8) is 0 Å². The first-order valence-electron chi connectivity index (χ1n) is 8.42. The van der Waals surface area contributed by atoms with E-state index in [0.717, 1.165) is 37.8 Å². The largest absolute Gasteiger partial charge is 0.374 e. The summed E-state index contributed by atoms with van der Waals surface area (Å²) in [4.78, 5) is 2.31. The normalized spacial score (nSPS) is 19.3. The molecule has 3 rings (SSSR count). The Bertz CT molecular complexity index is 769. The lowest BCUT2D eigenvalue weighted by molar-refractivity contribution is 0.365. The van der Waals surface area contributed by atoms with E-state index < -0.39 is 0 Å². The molecule has 0 heterocycles. The number of nitriles is 2. The van der Waals surface area contributed by atoms with Crippen LogP contribution in [-0.2, 0) is 6.54 Å².